The maximum Gasteiger partial charge on any atom is 0.175 e. The Bertz CT molecular complexity index is 253. The van der Waals surface area contributed by atoms with Crippen LogP contribution in [0, 0.1) is 13.8 Å². The second-order valence-electron chi connectivity index (χ2n) is 2.57. The van der Waals surface area contributed by atoms with Crippen molar-refractivity contribution in [2.45, 2.75) is 42.5 Å². The van der Waals surface area contributed by atoms with E-state index in [0.29, 0.717) is 13.2 Å². The highest BCUT2D eigenvalue weighted by Crippen LogP contribution is 2.42. The quantitative estimate of drug-likeness (QED) is 0.658. The van der Waals surface area contributed by atoms with Crippen molar-refractivity contribution in [3.05, 3.63) is 9.75 Å². The number of ether oxygens (including phenoxy) is 2. The molecule has 0 radical (unpaired) electrons. The first-order chi connectivity index (χ1) is 6.29. The minimum Gasteiger partial charge on any atom is -0.485 e. The van der Waals surface area contributed by atoms with Crippen molar-refractivity contribution in [2.75, 3.05) is 13.2 Å². The summed E-state index contributed by atoms with van der Waals surface area (Å²) < 4.78 is 10.9. The summed E-state index contributed by atoms with van der Waals surface area (Å²) in [4.78, 5) is 2.44. The molecule has 0 aliphatic carbocycles. The molecule has 1 aliphatic rings. The van der Waals surface area contributed by atoms with Crippen molar-refractivity contribution in [3.63, 3.8) is 0 Å². The Kier molecular flexibility index (Phi) is 8.44. The molecule has 0 spiro atoms. The predicted octanol–water partition coefficient (Wildman–Crippen LogP) is 4.43. The summed E-state index contributed by atoms with van der Waals surface area (Å²) in [7, 11) is 0. The average Bonchev–Trinajstić information content (AvgIpc) is 2.47. The van der Waals surface area contributed by atoms with Crippen LogP contribution in [0.25, 0.3) is 0 Å². The second kappa shape index (κ2) is 7.57. The molecule has 2 rings (SSSR count). The lowest BCUT2D eigenvalue weighted by Crippen LogP contribution is -2.14. The Balaban J connectivity index is 0. The molecule has 15 heavy (non-hydrogen) atoms. The summed E-state index contributed by atoms with van der Waals surface area (Å²) in [6, 6.07) is 0. The smallest absolute Gasteiger partial charge is 0.175 e. The summed E-state index contributed by atoms with van der Waals surface area (Å²) in [5.74, 6) is 1.91. The zero-order valence-corrected chi connectivity index (χ0v) is 9.46. The molecule has 0 bridgehead atoms. The van der Waals surface area contributed by atoms with Crippen LogP contribution in [-0.4, -0.2) is 13.2 Å². The topological polar surface area (TPSA) is 18.5 Å². The predicted molar refractivity (Wildman–Crippen MR) is 69.6 cm³/mol. The van der Waals surface area contributed by atoms with Gasteiger partial charge < -0.3 is 9.47 Å². The molecule has 1 aliphatic heterocycles. The van der Waals surface area contributed by atoms with Crippen molar-refractivity contribution in [1.82, 2.24) is 0 Å². The van der Waals surface area contributed by atoms with Crippen LogP contribution in [0.4, 0.5) is 0 Å². The van der Waals surface area contributed by atoms with Crippen LogP contribution in [-0.2, 0) is 0 Å². The number of hydrogen-bond acceptors (Lipinski definition) is 3. The number of hydrogen-bond donors (Lipinski definition) is 0. The summed E-state index contributed by atoms with van der Waals surface area (Å²) in [5, 5.41) is 0. The first-order valence-electron chi connectivity index (χ1n) is 4.64. The van der Waals surface area contributed by atoms with Gasteiger partial charge in [0.25, 0.3) is 0 Å². The zero-order valence-electron chi connectivity index (χ0n) is 8.64. The van der Waals surface area contributed by atoms with E-state index in [1.54, 1.807) is 11.3 Å². The van der Waals surface area contributed by atoms with Crippen LogP contribution >= 0.6 is 11.3 Å². The van der Waals surface area contributed by atoms with Crippen LogP contribution in [0.1, 0.15) is 38.5 Å². The molecule has 0 saturated carbocycles. The van der Waals surface area contributed by atoms with E-state index in [0.717, 1.165) is 11.5 Å². The molecule has 0 fully saturated rings. The third-order valence-corrected chi connectivity index (χ3v) is 2.71. The van der Waals surface area contributed by atoms with Gasteiger partial charge in [0.2, 0.25) is 0 Å². The molecule has 90 valence electrons. The monoisotopic (exact) mass is 232 g/mol. The number of rotatable bonds is 0. The zero-order chi connectivity index (χ0) is 9.84. The fraction of sp³-hybridized carbons (Fsp3) is 0.667. The van der Waals surface area contributed by atoms with Crippen LogP contribution in [0.15, 0.2) is 0 Å². The van der Waals surface area contributed by atoms with Gasteiger partial charge >= 0.3 is 0 Å². The Morgan fingerprint density at radius 3 is 1.53 bits per heavy atom. The normalized spacial score (nSPS) is 11.5. The van der Waals surface area contributed by atoms with E-state index in [9.17, 15) is 0 Å². The maximum atomic E-state index is 5.46. The van der Waals surface area contributed by atoms with E-state index >= 15 is 0 Å². The van der Waals surface area contributed by atoms with Crippen molar-refractivity contribution >= 4 is 11.3 Å². The number of thiophene rings is 1. The number of fused-ring (bicyclic) bond motifs is 1. The largest absolute Gasteiger partial charge is 0.485 e. The van der Waals surface area contributed by atoms with Gasteiger partial charge in [0.1, 0.15) is 13.2 Å². The summed E-state index contributed by atoms with van der Waals surface area (Å²) in [6.07, 6.45) is 0. The van der Waals surface area contributed by atoms with Crippen molar-refractivity contribution in [1.29, 1.82) is 0 Å². The Hall–Kier alpha value is -0.700. The molecule has 0 N–H and O–H groups in total. The lowest BCUT2D eigenvalue weighted by Gasteiger charge is -2.15. The van der Waals surface area contributed by atoms with Crippen molar-refractivity contribution in [2.24, 2.45) is 0 Å². The Morgan fingerprint density at radius 1 is 0.867 bits per heavy atom. The highest BCUT2D eigenvalue weighted by molar-refractivity contribution is 7.12. The molecular weight excluding hydrogens is 208 g/mol. The fourth-order valence-corrected chi connectivity index (χ4v) is 2.21. The first-order valence-corrected chi connectivity index (χ1v) is 5.46. The van der Waals surface area contributed by atoms with E-state index < -0.39 is 0 Å². The van der Waals surface area contributed by atoms with Gasteiger partial charge in [-0.15, -0.1) is 11.3 Å². The summed E-state index contributed by atoms with van der Waals surface area (Å²) >= 11 is 1.74. The molecule has 3 heteroatoms. The molecule has 2 nitrogen and oxygen atoms in total. The summed E-state index contributed by atoms with van der Waals surface area (Å²) in [5.41, 5.74) is 0. The third kappa shape index (κ3) is 3.42. The molecule has 0 atom stereocenters. The Morgan fingerprint density at radius 2 is 1.20 bits per heavy atom. The Labute approximate surface area is 98.2 Å². The lowest BCUT2D eigenvalue weighted by atomic mass is 10.3. The van der Waals surface area contributed by atoms with E-state index in [2.05, 4.69) is 13.8 Å². The van der Waals surface area contributed by atoms with Gasteiger partial charge in [0.05, 0.1) is 0 Å². The average molecular weight is 232 g/mol. The van der Waals surface area contributed by atoms with Gasteiger partial charge in [-0.3, -0.25) is 0 Å². The van der Waals surface area contributed by atoms with Crippen LogP contribution in [0.2, 0.25) is 0 Å². The van der Waals surface area contributed by atoms with Gasteiger partial charge in [-0.2, -0.15) is 0 Å². The second-order valence-corrected chi connectivity index (χ2v) is 4.00. The van der Waals surface area contributed by atoms with E-state index in [1.807, 2.05) is 13.8 Å². The molecule has 0 unspecified atom stereocenters. The molecule has 0 amide bonds. The van der Waals surface area contributed by atoms with Crippen LogP contribution in [0.3, 0.4) is 0 Å². The molecule has 2 heterocycles. The minimum absolute atomic E-state index is 0. The van der Waals surface area contributed by atoms with Gasteiger partial charge in [-0.1, -0.05) is 28.7 Å². The first kappa shape index (κ1) is 16.7. The van der Waals surface area contributed by atoms with Crippen LogP contribution < -0.4 is 9.47 Å². The molecular formula is C12H24O2S. The van der Waals surface area contributed by atoms with Gasteiger partial charge in [0.15, 0.2) is 11.5 Å². The van der Waals surface area contributed by atoms with Gasteiger partial charge in [0, 0.05) is 9.75 Å². The van der Waals surface area contributed by atoms with Crippen molar-refractivity contribution < 1.29 is 9.47 Å². The maximum absolute atomic E-state index is 5.46. The van der Waals surface area contributed by atoms with E-state index in [1.165, 1.54) is 9.75 Å². The molecule has 1 aromatic heterocycles. The fourth-order valence-electron chi connectivity index (χ4n) is 1.26. The van der Waals surface area contributed by atoms with E-state index in [4.69, 9.17) is 9.47 Å². The van der Waals surface area contributed by atoms with E-state index in [-0.39, 0.29) is 14.9 Å². The standard InChI is InChI=1S/C8H10O2S.C2H6.2CH4/c1-5-7-8(6(2)11-5)10-4-3-9-7;1-2;;/h3-4H2,1-2H3;1-2H3;2*1H4. The van der Waals surface area contributed by atoms with Crippen LogP contribution in [0.5, 0.6) is 11.5 Å². The molecule has 0 saturated heterocycles. The van der Waals surface area contributed by atoms with Crippen molar-refractivity contribution in [3.8, 4) is 11.5 Å². The summed E-state index contributed by atoms with van der Waals surface area (Å²) in [6.45, 7) is 9.49. The molecule has 0 aromatic carbocycles. The highest BCUT2D eigenvalue weighted by Gasteiger charge is 2.19. The number of aryl methyl sites for hydroxylation is 2. The lowest BCUT2D eigenvalue weighted by molar-refractivity contribution is 0.171. The third-order valence-electron chi connectivity index (χ3n) is 1.73. The SMILES string of the molecule is C.C.CC.Cc1sc(C)c2c1OCCO2. The molecule has 1 aromatic rings. The van der Waals surface area contributed by atoms with Gasteiger partial charge in [-0.05, 0) is 13.8 Å². The minimum atomic E-state index is 0. The highest BCUT2D eigenvalue weighted by atomic mass is 32.1. The van der Waals surface area contributed by atoms with Gasteiger partial charge in [-0.25, -0.2) is 0 Å².